The van der Waals surface area contributed by atoms with Gasteiger partial charge in [0.05, 0.1) is 13.2 Å². The molecule has 28 heavy (non-hydrogen) atoms. The SMILES string of the molecule is O=C(OC1CCCCC12OCC(CO)O2)C(C(F)(F)F)(C(F)(F)F)S(=O)(=O)O. The fourth-order valence-electron chi connectivity index (χ4n) is 3.21. The van der Waals surface area contributed by atoms with Crippen LogP contribution in [-0.4, -0.2) is 72.4 Å². The Morgan fingerprint density at radius 2 is 1.71 bits per heavy atom. The lowest BCUT2D eigenvalue weighted by Gasteiger charge is -2.40. The van der Waals surface area contributed by atoms with Gasteiger partial charge < -0.3 is 19.3 Å². The van der Waals surface area contributed by atoms with Gasteiger partial charge in [0, 0.05) is 6.42 Å². The highest BCUT2D eigenvalue weighted by atomic mass is 32.2. The van der Waals surface area contributed by atoms with E-state index < -0.39 is 57.8 Å². The molecular weight excluding hydrogens is 430 g/mol. The standard InChI is InChI=1S/C13H16F6O8S/c14-12(15,16)11(13(17,18)19,28(22,23)24)9(21)26-8-3-1-2-4-10(8)25-6-7(5-20)27-10/h7-8,20H,1-6H2,(H,22,23,24). The smallest absolute Gasteiger partial charge is 0.430 e. The minimum absolute atomic E-state index is 0.0850. The summed E-state index contributed by atoms with van der Waals surface area (Å²) < 4.78 is 119. The average molecular weight is 446 g/mol. The molecule has 1 heterocycles. The molecule has 3 atom stereocenters. The summed E-state index contributed by atoms with van der Waals surface area (Å²) in [5.74, 6) is -5.19. The number of hydrogen-bond donors (Lipinski definition) is 2. The summed E-state index contributed by atoms with van der Waals surface area (Å²) >= 11 is 0. The highest BCUT2D eigenvalue weighted by Crippen LogP contribution is 2.50. The van der Waals surface area contributed by atoms with Crippen LogP contribution in [0, 0.1) is 0 Å². The Labute approximate surface area is 154 Å². The first-order chi connectivity index (χ1) is 12.6. The number of hydrogen-bond acceptors (Lipinski definition) is 7. The van der Waals surface area contributed by atoms with Gasteiger partial charge in [0.25, 0.3) is 0 Å². The molecule has 1 saturated carbocycles. The molecule has 1 aliphatic heterocycles. The topological polar surface area (TPSA) is 119 Å². The van der Waals surface area contributed by atoms with Crippen molar-refractivity contribution in [2.24, 2.45) is 0 Å². The van der Waals surface area contributed by atoms with E-state index in [9.17, 15) is 39.6 Å². The largest absolute Gasteiger partial charge is 0.455 e. The lowest BCUT2D eigenvalue weighted by atomic mass is 9.91. The molecular formula is C13H16F6O8S. The number of aliphatic hydroxyl groups is 1. The van der Waals surface area contributed by atoms with Crippen molar-refractivity contribution in [1.82, 2.24) is 0 Å². The highest BCUT2D eigenvalue weighted by molar-refractivity contribution is 7.88. The van der Waals surface area contributed by atoms with Gasteiger partial charge in [-0.2, -0.15) is 34.8 Å². The van der Waals surface area contributed by atoms with Crippen molar-refractivity contribution < 1.29 is 63.4 Å². The molecule has 2 aliphatic rings. The van der Waals surface area contributed by atoms with Crippen molar-refractivity contribution in [3.8, 4) is 0 Å². The summed E-state index contributed by atoms with van der Waals surface area (Å²) in [4.78, 5) is 12.0. The van der Waals surface area contributed by atoms with Crippen LogP contribution in [0.5, 0.6) is 0 Å². The number of rotatable bonds is 4. The molecule has 2 fully saturated rings. The quantitative estimate of drug-likeness (QED) is 0.377. The molecule has 0 radical (unpaired) electrons. The van der Waals surface area contributed by atoms with Crippen molar-refractivity contribution in [2.75, 3.05) is 13.2 Å². The Hall–Kier alpha value is -1.16. The van der Waals surface area contributed by atoms with Gasteiger partial charge in [0.1, 0.15) is 6.10 Å². The van der Waals surface area contributed by atoms with Crippen LogP contribution in [0.4, 0.5) is 26.3 Å². The van der Waals surface area contributed by atoms with Gasteiger partial charge in [-0.3, -0.25) is 4.55 Å². The van der Waals surface area contributed by atoms with E-state index in [2.05, 4.69) is 4.74 Å². The molecule has 15 heteroatoms. The van der Waals surface area contributed by atoms with Crippen molar-refractivity contribution in [1.29, 1.82) is 0 Å². The summed E-state index contributed by atoms with van der Waals surface area (Å²) in [6.45, 7) is -0.852. The maximum atomic E-state index is 13.2. The lowest BCUT2D eigenvalue weighted by Crippen LogP contribution is -2.68. The monoisotopic (exact) mass is 446 g/mol. The van der Waals surface area contributed by atoms with E-state index in [1.807, 2.05) is 0 Å². The second-order valence-corrected chi connectivity index (χ2v) is 7.90. The summed E-state index contributed by atoms with van der Waals surface area (Å²) in [5.41, 5.74) is 0. The Balaban J connectivity index is 2.46. The molecule has 1 saturated heterocycles. The highest BCUT2D eigenvalue weighted by Gasteiger charge is 2.85. The van der Waals surface area contributed by atoms with Gasteiger partial charge in [-0.15, -0.1) is 0 Å². The van der Waals surface area contributed by atoms with E-state index in [4.69, 9.17) is 19.1 Å². The van der Waals surface area contributed by atoms with E-state index >= 15 is 0 Å². The van der Waals surface area contributed by atoms with Crippen LogP contribution in [-0.2, 0) is 29.1 Å². The maximum absolute atomic E-state index is 13.2. The van der Waals surface area contributed by atoms with Gasteiger partial charge in [-0.1, -0.05) is 0 Å². The van der Waals surface area contributed by atoms with Crippen LogP contribution >= 0.6 is 0 Å². The Bertz CT molecular complexity index is 691. The minimum atomic E-state index is -7.09. The minimum Gasteiger partial charge on any atom is -0.455 e. The summed E-state index contributed by atoms with van der Waals surface area (Å²) in [5, 5.41) is 9.07. The number of aliphatic hydroxyl groups excluding tert-OH is 1. The first-order valence-electron chi connectivity index (χ1n) is 7.86. The Morgan fingerprint density at radius 3 is 2.14 bits per heavy atom. The molecule has 0 aromatic rings. The third-order valence-corrected chi connectivity index (χ3v) is 5.94. The van der Waals surface area contributed by atoms with E-state index in [1.165, 1.54) is 0 Å². The number of carbonyl (C=O) groups is 1. The van der Waals surface area contributed by atoms with Gasteiger partial charge >= 0.3 is 33.2 Å². The second-order valence-electron chi connectivity index (χ2n) is 6.34. The fourth-order valence-corrected chi connectivity index (χ4v) is 4.05. The van der Waals surface area contributed by atoms with Crippen molar-refractivity contribution in [2.45, 2.75) is 60.8 Å². The lowest BCUT2D eigenvalue weighted by molar-refractivity contribution is -0.285. The predicted molar refractivity (Wildman–Crippen MR) is 75.4 cm³/mol. The number of halogens is 6. The third kappa shape index (κ3) is 3.58. The number of alkyl halides is 6. The molecule has 0 aromatic heterocycles. The van der Waals surface area contributed by atoms with E-state index in [-0.39, 0.29) is 25.9 Å². The van der Waals surface area contributed by atoms with Crippen molar-refractivity contribution in [3.05, 3.63) is 0 Å². The van der Waals surface area contributed by atoms with Crippen LogP contribution in [0.1, 0.15) is 25.7 Å². The molecule has 0 aromatic carbocycles. The Morgan fingerprint density at radius 1 is 1.14 bits per heavy atom. The molecule has 0 bridgehead atoms. The van der Waals surface area contributed by atoms with Gasteiger partial charge in [0.2, 0.25) is 5.79 Å². The van der Waals surface area contributed by atoms with Gasteiger partial charge in [-0.25, -0.2) is 4.79 Å². The Kier molecular flexibility index (Phi) is 6.00. The van der Waals surface area contributed by atoms with Crippen LogP contribution in [0.2, 0.25) is 0 Å². The number of carbonyl (C=O) groups excluding carboxylic acids is 1. The summed E-state index contributed by atoms with van der Waals surface area (Å²) in [6.07, 6.45) is -16.2. The van der Waals surface area contributed by atoms with Crippen LogP contribution < -0.4 is 0 Å². The maximum Gasteiger partial charge on any atom is 0.430 e. The summed E-state index contributed by atoms with van der Waals surface area (Å²) in [6, 6.07) is 0. The zero-order chi connectivity index (χ0) is 21.6. The fraction of sp³-hybridized carbons (Fsp3) is 0.923. The number of esters is 1. The molecule has 2 N–H and O–H groups in total. The average Bonchev–Trinajstić information content (AvgIpc) is 2.89. The van der Waals surface area contributed by atoms with E-state index in [1.54, 1.807) is 0 Å². The molecule has 3 unspecified atom stereocenters. The molecule has 1 spiro atoms. The normalized spacial score (nSPS) is 29.9. The zero-order valence-electron chi connectivity index (χ0n) is 13.9. The molecule has 2 rings (SSSR count). The second kappa shape index (κ2) is 7.27. The van der Waals surface area contributed by atoms with Crippen molar-refractivity contribution >= 4 is 16.1 Å². The predicted octanol–water partition coefficient (Wildman–Crippen LogP) is 1.33. The zero-order valence-corrected chi connectivity index (χ0v) is 14.7. The third-order valence-electron chi connectivity index (χ3n) is 4.54. The molecule has 0 amide bonds. The first-order valence-corrected chi connectivity index (χ1v) is 9.30. The molecule has 1 aliphatic carbocycles. The van der Waals surface area contributed by atoms with E-state index in [0.717, 1.165) is 0 Å². The van der Waals surface area contributed by atoms with Gasteiger partial charge in [-0.05, 0) is 19.3 Å². The van der Waals surface area contributed by atoms with Crippen LogP contribution in [0.25, 0.3) is 0 Å². The van der Waals surface area contributed by atoms with Crippen molar-refractivity contribution in [3.63, 3.8) is 0 Å². The van der Waals surface area contributed by atoms with Gasteiger partial charge in [0.15, 0.2) is 6.10 Å². The first kappa shape index (κ1) is 23.1. The number of ether oxygens (including phenoxy) is 3. The van der Waals surface area contributed by atoms with E-state index in [0.29, 0.717) is 6.42 Å². The molecule has 164 valence electrons. The van der Waals surface area contributed by atoms with Crippen LogP contribution in [0.3, 0.4) is 0 Å². The molecule has 8 nitrogen and oxygen atoms in total. The van der Waals surface area contributed by atoms with Crippen LogP contribution in [0.15, 0.2) is 0 Å². The summed E-state index contributed by atoms with van der Waals surface area (Å²) in [7, 11) is -7.09.